The molecule has 0 spiro atoms. The second-order valence-corrected chi connectivity index (χ2v) is 4.22. The van der Waals surface area contributed by atoms with Crippen molar-refractivity contribution < 1.29 is 9.59 Å². The SMILES string of the molecule is CCN(CC(=O)NC)C(=O)C1NCCC1C. The van der Waals surface area contributed by atoms with Crippen molar-refractivity contribution in [3.8, 4) is 0 Å². The van der Waals surface area contributed by atoms with Crippen LogP contribution < -0.4 is 10.6 Å². The van der Waals surface area contributed by atoms with Crippen molar-refractivity contribution >= 4 is 11.8 Å². The van der Waals surface area contributed by atoms with Crippen LogP contribution in [0.3, 0.4) is 0 Å². The maximum Gasteiger partial charge on any atom is 0.240 e. The summed E-state index contributed by atoms with van der Waals surface area (Å²) in [6, 6.07) is -0.121. The van der Waals surface area contributed by atoms with Gasteiger partial charge in [0.2, 0.25) is 11.8 Å². The number of rotatable bonds is 4. The van der Waals surface area contributed by atoms with Gasteiger partial charge in [-0.15, -0.1) is 0 Å². The van der Waals surface area contributed by atoms with E-state index in [4.69, 9.17) is 0 Å². The summed E-state index contributed by atoms with van der Waals surface area (Å²) >= 11 is 0. The number of hydrogen-bond acceptors (Lipinski definition) is 3. The lowest BCUT2D eigenvalue weighted by Gasteiger charge is -2.25. The van der Waals surface area contributed by atoms with Gasteiger partial charge in [-0.2, -0.15) is 0 Å². The van der Waals surface area contributed by atoms with Gasteiger partial charge in [0.25, 0.3) is 0 Å². The molecule has 1 aliphatic heterocycles. The normalized spacial score (nSPS) is 24.2. The first-order valence-electron chi connectivity index (χ1n) is 5.82. The Kier molecular flexibility index (Phi) is 4.73. The molecule has 2 atom stereocenters. The predicted molar refractivity (Wildman–Crippen MR) is 61.9 cm³/mol. The van der Waals surface area contributed by atoms with Crippen molar-refractivity contribution in [3.05, 3.63) is 0 Å². The molecule has 0 bridgehead atoms. The van der Waals surface area contributed by atoms with E-state index in [0.717, 1.165) is 13.0 Å². The third-order valence-corrected chi connectivity index (χ3v) is 3.11. The molecule has 2 unspecified atom stereocenters. The van der Waals surface area contributed by atoms with Gasteiger partial charge in [-0.1, -0.05) is 6.92 Å². The summed E-state index contributed by atoms with van der Waals surface area (Å²) in [4.78, 5) is 25.0. The fourth-order valence-corrected chi connectivity index (χ4v) is 1.96. The van der Waals surface area contributed by atoms with E-state index in [1.165, 1.54) is 0 Å². The van der Waals surface area contributed by atoms with Crippen molar-refractivity contribution in [1.82, 2.24) is 15.5 Å². The maximum absolute atomic E-state index is 12.1. The van der Waals surface area contributed by atoms with Crippen LogP contribution in [0.25, 0.3) is 0 Å². The molecule has 5 nitrogen and oxygen atoms in total. The summed E-state index contributed by atoms with van der Waals surface area (Å²) in [6.07, 6.45) is 1.02. The van der Waals surface area contributed by atoms with Gasteiger partial charge < -0.3 is 15.5 Å². The molecule has 5 heteroatoms. The lowest BCUT2D eigenvalue weighted by atomic mass is 10.0. The number of hydrogen-bond donors (Lipinski definition) is 2. The minimum absolute atomic E-state index is 0.0381. The van der Waals surface area contributed by atoms with Crippen LogP contribution in [-0.4, -0.2) is 49.4 Å². The summed E-state index contributed by atoms with van der Waals surface area (Å²) in [6.45, 7) is 5.56. The van der Waals surface area contributed by atoms with E-state index in [0.29, 0.717) is 12.5 Å². The Labute approximate surface area is 96.6 Å². The summed E-state index contributed by atoms with van der Waals surface area (Å²) in [7, 11) is 1.58. The molecule has 2 amide bonds. The molecule has 1 heterocycles. The second-order valence-electron chi connectivity index (χ2n) is 4.22. The Hall–Kier alpha value is -1.10. The van der Waals surface area contributed by atoms with Crippen molar-refractivity contribution in [1.29, 1.82) is 0 Å². The Morgan fingerprint density at radius 3 is 2.62 bits per heavy atom. The lowest BCUT2D eigenvalue weighted by Crippen LogP contribution is -2.48. The molecule has 16 heavy (non-hydrogen) atoms. The van der Waals surface area contributed by atoms with Gasteiger partial charge >= 0.3 is 0 Å². The average molecular weight is 227 g/mol. The van der Waals surface area contributed by atoms with E-state index in [1.807, 2.05) is 6.92 Å². The van der Waals surface area contributed by atoms with Crippen LogP contribution in [0.5, 0.6) is 0 Å². The van der Waals surface area contributed by atoms with E-state index in [2.05, 4.69) is 17.6 Å². The zero-order valence-electron chi connectivity index (χ0n) is 10.2. The van der Waals surface area contributed by atoms with Crippen LogP contribution >= 0.6 is 0 Å². The first kappa shape index (κ1) is 13.0. The van der Waals surface area contributed by atoms with Crippen molar-refractivity contribution in [2.45, 2.75) is 26.3 Å². The van der Waals surface area contributed by atoms with Gasteiger partial charge in [0.15, 0.2) is 0 Å². The Morgan fingerprint density at radius 1 is 1.50 bits per heavy atom. The molecular formula is C11H21N3O2. The Morgan fingerprint density at radius 2 is 2.19 bits per heavy atom. The molecule has 92 valence electrons. The zero-order valence-corrected chi connectivity index (χ0v) is 10.2. The molecule has 0 saturated carbocycles. The van der Waals surface area contributed by atoms with Crippen LogP contribution in [0.15, 0.2) is 0 Å². The molecule has 1 saturated heterocycles. The van der Waals surface area contributed by atoms with Crippen molar-refractivity contribution in [3.63, 3.8) is 0 Å². The summed E-state index contributed by atoms with van der Waals surface area (Å²) < 4.78 is 0. The van der Waals surface area contributed by atoms with Gasteiger partial charge in [-0.05, 0) is 25.8 Å². The molecule has 0 aromatic rings. The van der Waals surface area contributed by atoms with Gasteiger partial charge in [-0.3, -0.25) is 9.59 Å². The Balaban J connectivity index is 2.58. The van der Waals surface area contributed by atoms with Gasteiger partial charge in [0, 0.05) is 13.6 Å². The van der Waals surface area contributed by atoms with Crippen molar-refractivity contribution in [2.75, 3.05) is 26.7 Å². The lowest BCUT2D eigenvalue weighted by molar-refractivity contribution is -0.137. The quantitative estimate of drug-likeness (QED) is 0.685. The highest BCUT2D eigenvalue weighted by Gasteiger charge is 2.32. The summed E-state index contributed by atoms with van der Waals surface area (Å²) in [5.41, 5.74) is 0. The highest BCUT2D eigenvalue weighted by molar-refractivity contribution is 5.87. The number of likely N-dealkylation sites (N-methyl/N-ethyl adjacent to an activating group) is 2. The van der Waals surface area contributed by atoms with E-state index in [-0.39, 0.29) is 24.4 Å². The van der Waals surface area contributed by atoms with E-state index < -0.39 is 0 Å². The standard InChI is InChI=1S/C11H21N3O2/c1-4-14(7-9(15)12-3)11(16)10-8(2)5-6-13-10/h8,10,13H,4-7H2,1-3H3,(H,12,15). The third-order valence-electron chi connectivity index (χ3n) is 3.11. The fraction of sp³-hybridized carbons (Fsp3) is 0.818. The minimum Gasteiger partial charge on any atom is -0.358 e. The van der Waals surface area contributed by atoms with E-state index in [9.17, 15) is 9.59 Å². The molecule has 1 rings (SSSR count). The highest BCUT2D eigenvalue weighted by atomic mass is 16.2. The van der Waals surface area contributed by atoms with Crippen molar-refractivity contribution in [2.24, 2.45) is 5.92 Å². The maximum atomic E-state index is 12.1. The number of nitrogens with zero attached hydrogens (tertiary/aromatic N) is 1. The average Bonchev–Trinajstić information content (AvgIpc) is 2.71. The smallest absolute Gasteiger partial charge is 0.240 e. The van der Waals surface area contributed by atoms with Gasteiger partial charge in [0.05, 0.1) is 12.6 Å². The highest BCUT2D eigenvalue weighted by Crippen LogP contribution is 2.16. The first-order chi connectivity index (χ1) is 7.60. The van der Waals surface area contributed by atoms with Crippen LogP contribution in [-0.2, 0) is 9.59 Å². The van der Waals surface area contributed by atoms with Gasteiger partial charge in [0.1, 0.15) is 0 Å². The number of nitrogens with one attached hydrogen (secondary N) is 2. The molecule has 0 aromatic carbocycles. The molecule has 1 aliphatic rings. The van der Waals surface area contributed by atoms with E-state index >= 15 is 0 Å². The van der Waals surface area contributed by atoms with Crippen LogP contribution in [0, 0.1) is 5.92 Å². The number of carbonyl (C=O) groups is 2. The predicted octanol–water partition coefficient (Wildman–Crippen LogP) is -0.421. The molecule has 1 fully saturated rings. The molecule has 0 radical (unpaired) electrons. The van der Waals surface area contributed by atoms with Crippen LogP contribution in [0.1, 0.15) is 20.3 Å². The topological polar surface area (TPSA) is 61.4 Å². The largest absolute Gasteiger partial charge is 0.358 e. The van der Waals surface area contributed by atoms with E-state index in [1.54, 1.807) is 11.9 Å². The zero-order chi connectivity index (χ0) is 12.1. The minimum atomic E-state index is -0.124. The van der Waals surface area contributed by atoms with Crippen LogP contribution in [0.2, 0.25) is 0 Å². The fourth-order valence-electron chi connectivity index (χ4n) is 1.96. The summed E-state index contributed by atoms with van der Waals surface area (Å²) in [5, 5.41) is 5.72. The molecular weight excluding hydrogens is 206 g/mol. The second kappa shape index (κ2) is 5.84. The molecule has 0 aliphatic carbocycles. The van der Waals surface area contributed by atoms with Crippen LogP contribution in [0.4, 0.5) is 0 Å². The number of amides is 2. The number of carbonyl (C=O) groups excluding carboxylic acids is 2. The first-order valence-corrected chi connectivity index (χ1v) is 5.82. The third kappa shape index (κ3) is 2.95. The van der Waals surface area contributed by atoms with Gasteiger partial charge in [-0.25, -0.2) is 0 Å². The monoisotopic (exact) mass is 227 g/mol. The Bertz CT molecular complexity index is 268. The molecule has 0 aromatic heterocycles. The molecule has 2 N–H and O–H groups in total. The summed E-state index contributed by atoms with van der Waals surface area (Å²) in [5.74, 6) is 0.267.